The molecule has 0 aliphatic rings. The Labute approximate surface area is 116 Å². The SMILES string of the molecule is Cc1ccc(C)c(C(=O)O)c1O[Si](C)(C)C(C)(C)C. The maximum atomic E-state index is 11.5. The summed E-state index contributed by atoms with van der Waals surface area (Å²) < 4.78 is 6.23. The zero-order valence-corrected chi connectivity index (χ0v) is 13.9. The van der Waals surface area contributed by atoms with Crippen LogP contribution in [0, 0.1) is 13.8 Å². The van der Waals surface area contributed by atoms with Gasteiger partial charge in [0.1, 0.15) is 11.3 Å². The summed E-state index contributed by atoms with van der Waals surface area (Å²) in [5.41, 5.74) is 1.92. The number of benzene rings is 1. The molecular formula is C15H24O3Si. The van der Waals surface area contributed by atoms with Crippen molar-refractivity contribution in [1.29, 1.82) is 0 Å². The van der Waals surface area contributed by atoms with Gasteiger partial charge in [0.2, 0.25) is 0 Å². The molecule has 3 nitrogen and oxygen atoms in total. The van der Waals surface area contributed by atoms with Crippen LogP contribution in [0.15, 0.2) is 12.1 Å². The highest BCUT2D eigenvalue weighted by molar-refractivity contribution is 6.74. The molecule has 0 aliphatic carbocycles. The van der Waals surface area contributed by atoms with Crippen LogP contribution in [0.1, 0.15) is 42.3 Å². The lowest BCUT2D eigenvalue weighted by molar-refractivity contribution is 0.0693. The molecule has 0 aromatic heterocycles. The van der Waals surface area contributed by atoms with Gasteiger partial charge in [0.15, 0.2) is 0 Å². The van der Waals surface area contributed by atoms with Crippen molar-refractivity contribution in [2.45, 2.75) is 52.8 Å². The highest BCUT2D eigenvalue weighted by Gasteiger charge is 2.40. The maximum absolute atomic E-state index is 11.5. The number of carboxylic acids is 1. The van der Waals surface area contributed by atoms with E-state index in [2.05, 4.69) is 33.9 Å². The van der Waals surface area contributed by atoms with E-state index >= 15 is 0 Å². The number of rotatable bonds is 3. The summed E-state index contributed by atoms with van der Waals surface area (Å²) in [7, 11) is -2.04. The predicted molar refractivity (Wildman–Crippen MR) is 80.7 cm³/mol. The molecule has 0 fully saturated rings. The summed E-state index contributed by atoms with van der Waals surface area (Å²) in [6.45, 7) is 14.4. The van der Waals surface area contributed by atoms with Crippen LogP contribution in [-0.2, 0) is 0 Å². The Morgan fingerprint density at radius 2 is 1.63 bits per heavy atom. The van der Waals surface area contributed by atoms with Gasteiger partial charge in [-0.15, -0.1) is 0 Å². The van der Waals surface area contributed by atoms with Crippen molar-refractivity contribution in [2.24, 2.45) is 0 Å². The van der Waals surface area contributed by atoms with Crippen molar-refractivity contribution in [3.8, 4) is 5.75 Å². The Morgan fingerprint density at radius 1 is 1.16 bits per heavy atom. The molecule has 0 amide bonds. The van der Waals surface area contributed by atoms with Crippen LogP contribution in [0.4, 0.5) is 0 Å². The topological polar surface area (TPSA) is 46.5 Å². The van der Waals surface area contributed by atoms with E-state index in [4.69, 9.17) is 4.43 Å². The highest BCUT2D eigenvalue weighted by atomic mass is 28.4. The van der Waals surface area contributed by atoms with E-state index in [0.29, 0.717) is 11.3 Å². The molecule has 0 radical (unpaired) electrons. The molecule has 0 heterocycles. The first-order valence-electron chi connectivity index (χ1n) is 6.50. The average Bonchev–Trinajstić information content (AvgIpc) is 2.21. The van der Waals surface area contributed by atoms with E-state index in [1.54, 1.807) is 6.92 Å². The molecule has 1 rings (SSSR count). The Morgan fingerprint density at radius 3 is 2.05 bits per heavy atom. The summed E-state index contributed by atoms with van der Waals surface area (Å²) in [5, 5.41) is 9.45. The fraction of sp³-hybridized carbons (Fsp3) is 0.533. The molecule has 106 valence electrons. The van der Waals surface area contributed by atoms with Crippen molar-refractivity contribution >= 4 is 14.3 Å². The van der Waals surface area contributed by atoms with Crippen LogP contribution in [0.5, 0.6) is 5.75 Å². The number of carboxylic acid groups (broad SMARTS) is 1. The molecule has 0 saturated carbocycles. The predicted octanol–water partition coefficient (Wildman–Crippen LogP) is 4.39. The fourth-order valence-corrected chi connectivity index (χ4v) is 2.67. The van der Waals surface area contributed by atoms with Crippen molar-refractivity contribution in [3.05, 3.63) is 28.8 Å². The zero-order valence-electron chi connectivity index (χ0n) is 12.9. The monoisotopic (exact) mass is 280 g/mol. The summed E-state index contributed by atoms with van der Waals surface area (Å²) >= 11 is 0. The minimum atomic E-state index is -2.04. The maximum Gasteiger partial charge on any atom is 0.339 e. The van der Waals surface area contributed by atoms with Crippen molar-refractivity contribution in [1.82, 2.24) is 0 Å². The molecule has 0 bridgehead atoms. The summed E-state index contributed by atoms with van der Waals surface area (Å²) in [5.74, 6) is -0.381. The van der Waals surface area contributed by atoms with Gasteiger partial charge in [-0.25, -0.2) is 4.79 Å². The van der Waals surface area contributed by atoms with Gasteiger partial charge in [-0.3, -0.25) is 0 Å². The molecule has 0 spiro atoms. The van der Waals surface area contributed by atoms with Crippen LogP contribution < -0.4 is 4.43 Å². The van der Waals surface area contributed by atoms with Crippen molar-refractivity contribution in [2.75, 3.05) is 0 Å². The minimum Gasteiger partial charge on any atom is -0.543 e. The number of hydrogen-bond acceptors (Lipinski definition) is 2. The summed E-state index contributed by atoms with van der Waals surface area (Å²) in [4.78, 5) is 11.5. The van der Waals surface area contributed by atoms with Crippen LogP contribution in [0.2, 0.25) is 18.1 Å². The van der Waals surface area contributed by atoms with Gasteiger partial charge in [0, 0.05) is 0 Å². The van der Waals surface area contributed by atoms with Gasteiger partial charge in [0.05, 0.1) is 0 Å². The van der Waals surface area contributed by atoms with Crippen LogP contribution >= 0.6 is 0 Å². The highest BCUT2D eigenvalue weighted by Crippen LogP contribution is 2.39. The lowest BCUT2D eigenvalue weighted by atomic mass is 10.0. The number of carbonyl (C=O) groups is 1. The molecule has 1 aromatic carbocycles. The van der Waals surface area contributed by atoms with Crippen molar-refractivity contribution < 1.29 is 14.3 Å². The van der Waals surface area contributed by atoms with Gasteiger partial charge in [-0.05, 0) is 43.1 Å². The number of aryl methyl sites for hydroxylation is 2. The van der Waals surface area contributed by atoms with Crippen molar-refractivity contribution in [3.63, 3.8) is 0 Å². The van der Waals surface area contributed by atoms with E-state index in [1.165, 1.54) is 0 Å². The van der Waals surface area contributed by atoms with Crippen LogP contribution in [-0.4, -0.2) is 19.4 Å². The second kappa shape index (κ2) is 5.00. The standard InChI is InChI=1S/C15H24O3Si/c1-10-8-9-11(2)13(12(10)14(16)17)18-19(6,7)15(3,4)5/h8-9H,1-7H3,(H,16,17). The first-order chi connectivity index (χ1) is 8.47. The Kier molecular flexibility index (Phi) is 4.15. The summed E-state index contributed by atoms with van der Waals surface area (Å²) in [6.07, 6.45) is 0. The lowest BCUT2D eigenvalue weighted by Crippen LogP contribution is -2.44. The van der Waals surface area contributed by atoms with Crippen LogP contribution in [0.3, 0.4) is 0 Å². The van der Waals surface area contributed by atoms with Gasteiger partial charge >= 0.3 is 5.97 Å². The third-order valence-electron chi connectivity index (χ3n) is 3.94. The first kappa shape index (κ1) is 15.8. The molecule has 4 heteroatoms. The number of aromatic carboxylic acids is 1. The largest absolute Gasteiger partial charge is 0.543 e. The quantitative estimate of drug-likeness (QED) is 0.835. The van der Waals surface area contributed by atoms with Crippen LogP contribution in [0.25, 0.3) is 0 Å². The van der Waals surface area contributed by atoms with E-state index in [1.807, 2.05) is 19.1 Å². The van der Waals surface area contributed by atoms with E-state index in [0.717, 1.165) is 11.1 Å². The van der Waals surface area contributed by atoms with E-state index < -0.39 is 14.3 Å². The Hall–Kier alpha value is -1.29. The van der Waals surface area contributed by atoms with Gasteiger partial charge in [-0.1, -0.05) is 32.9 Å². The smallest absolute Gasteiger partial charge is 0.339 e. The molecule has 0 unspecified atom stereocenters. The van der Waals surface area contributed by atoms with Gasteiger partial charge < -0.3 is 9.53 Å². The molecule has 1 N–H and O–H groups in total. The molecule has 19 heavy (non-hydrogen) atoms. The molecule has 0 saturated heterocycles. The first-order valence-corrected chi connectivity index (χ1v) is 9.40. The van der Waals surface area contributed by atoms with Gasteiger partial charge in [0.25, 0.3) is 8.32 Å². The third-order valence-corrected chi connectivity index (χ3v) is 8.27. The molecule has 0 atom stereocenters. The third kappa shape index (κ3) is 3.18. The molecular weight excluding hydrogens is 256 g/mol. The van der Waals surface area contributed by atoms with Gasteiger partial charge in [-0.2, -0.15) is 0 Å². The lowest BCUT2D eigenvalue weighted by Gasteiger charge is -2.37. The second-order valence-electron chi connectivity index (χ2n) is 6.57. The Bertz CT molecular complexity index is 499. The second-order valence-corrected chi connectivity index (χ2v) is 11.3. The van der Waals surface area contributed by atoms with E-state index in [-0.39, 0.29) is 5.04 Å². The summed E-state index contributed by atoms with van der Waals surface area (Å²) in [6, 6.07) is 3.75. The normalized spacial score (nSPS) is 12.4. The van der Waals surface area contributed by atoms with E-state index in [9.17, 15) is 9.90 Å². The molecule has 1 aromatic rings. The molecule has 0 aliphatic heterocycles. The fourth-order valence-electron chi connectivity index (χ4n) is 1.59. The number of hydrogen-bond donors (Lipinski definition) is 1. The minimum absolute atomic E-state index is 0.0406. The average molecular weight is 280 g/mol. The Balaban J connectivity index is 3.36. The zero-order chi connectivity index (χ0) is 15.0.